The summed E-state index contributed by atoms with van der Waals surface area (Å²) in [6.07, 6.45) is 4.04. The fraction of sp³-hybridized carbons (Fsp3) is 0.556. The van der Waals surface area contributed by atoms with Gasteiger partial charge in [-0.1, -0.05) is 44.5 Å². The molecule has 4 nitrogen and oxygen atoms in total. The number of rotatable bonds is 6. The van der Waals surface area contributed by atoms with Gasteiger partial charge in [0.2, 0.25) is 5.91 Å². The first-order chi connectivity index (χ1) is 10.5. The Labute approximate surface area is 131 Å². The van der Waals surface area contributed by atoms with Crippen LogP contribution in [0.4, 0.5) is 0 Å². The number of benzene rings is 1. The molecule has 1 aromatic carbocycles. The number of hydrogen-bond acceptors (Lipinski definition) is 2. The van der Waals surface area contributed by atoms with Crippen LogP contribution in [0.5, 0.6) is 0 Å². The minimum absolute atomic E-state index is 0.0615. The van der Waals surface area contributed by atoms with Crippen molar-refractivity contribution in [2.24, 2.45) is 11.8 Å². The van der Waals surface area contributed by atoms with Gasteiger partial charge in [-0.3, -0.25) is 4.79 Å². The second-order valence-electron chi connectivity index (χ2n) is 6.35. The average molecular weight is 303 g/mol. The van der Waals surface area contributed by atoms with Crippen molar-refractivity contribution < 1.29 is 14.7 Å². The number of nitrogens with one attached hydrogen (secondary N) is 1. The number of carbonyl (C=O) groups excluding carboxylic acids is 1. The van der Waals surface area contributed by atoms with Crippen LogP contribution in [0.25, 0.3) is 0 Å². The summed E-state index contributed by atoms with van der Waals surface area (Å²) in [5.74, 6) is -0.844. The fourth-order valence-electron chi connectivity index (χ4n) is 3.13. The number of carboxylic acids is 1. The van der Waals surface area contributed by atoms with E-state index in [0.29, 0.717) is 12.3 Å². The summed E-state index contributed by atoms with van der Waals surface area (Å²) in [5.41, 5.74) is 2.70. The highest BCUT2D eigenvalue weighted by molar-refractivity contribution is 5.83. The van der Waals surface area contributed by atoms with Crippen LogP contribution in [-0.2, 0) is 22.4 Å². The molecular weight excluding hydrogens is 278 g/mol. The zero-order chi connectivity index (χ0) is 16.1. The maximum atomic E-state index is 12.2. The highest BCUT2D eigenvalue weighted by Crippen LogP contribution is 2.27. The highest BCUT2D eigenvalue weighted by atomic mass is 16.4. The van der Waals surface area contributed by atoms with E-state index >= 15 is 0 Å². The second-order valence-corrected chi connectivity index (χ2v) is 6.35. The van der Waals surface area contributed by atoms with E-state index in [2.05, 4.69) is 23.5 Å². The molecule has 22 heavy (non-hydrogen) atoms. The molecule has 3 atom stereocenters. The quantitative estimate of drug-likeness (QED) is 0.849. The van der Waals surface area contributed by atoms with Crippen LogP contribution in [0.1, 0.15) is 44.2 Å². The van der Waals surface area contributed by atoms with Crippen molar-refractivity contribution >= 4 is 11.9 Å². The third-order valence-electron chi connectivity index (χ3n) is 4.72. The van der Waals surface area contributed by atoms with Crippen LogP contribution in [0, 0.1) is 11.8 Å². The van der Waals surface area contributed by atoms with E-state index < -0.39 is 12.0 Å². The molecule has 0 bridgehead atoms. The van der Waals surface area contributed by atoms with E-state index in [1.807, 2.05) is 19.9 Å². The summed E-state index contributed by atoms with van der Waals surface area (Å²) in [6, 6.07) is 7.57. The Bertz CT molecular complexity index is 541. The fourth-order valence-corrected chi connectivity index (χ4v) is 3.13. The Morgan fingerprint density at radius 2 is 2.00 bits per heavy atom. The predicted octanol–water partition coefficient (Wildman–Crippen LogP) is 2.80. The van der Waals surface area contributed by atoms with Crippen molar-refractivity contribution in [1.29, 1.82) is 0 Å². The number of amides is 1. The van der Waals surface area contributed by atoms with Gasteiger partial charge in [0.15, 0.2) is 0 Å². The molecule has 120 valence electrons. The summed E-state index contributed by atoms with van der Waals surface area (Å²) >= 11 is 0. The molecule has 0 heterocycles. The monoisotopic (exact) mass is 303 g/mol. The van der Waals surface area contributed by atoms with Gasteiger partial charge < -0.3 is 10.4 Å². The smallest absolute Gasteiger partial charge is 0.326 e. The van der Waals surface area contributed by atoms with Crippen LogP contribution in [0.15, 0.2) is 24.3 Å². The normalized spacial score (nSPS) is 19.8. The summed E-state index contributed by atoms with van der Waals surface area (Å²) < 4.78 is 0. The van der Waals surface area contributed by atoms with Crippen LogP contribution < -0.4 is 5.32 Å². The minimum Gasteiger partial charge on any atom is -0.480 e. The van der Waals surface area contributed by atoms with Crippen LogP contribution in [0.2, 0.25) is 0 Å². The van der Waals surface area contributed by atoms with Gasteiger partial charge in [-0.15, -0.1) is 0 Å². The van der Waals surface area contributed by atoms with Crippen molar-refractivity contribution in [2.45, 2.75) is 52.0 Å². The van der Waals surface area contributed by atoms with Crippen molar-refractivity contribution in [1.82, 2.24) is 5.32 Å². The van der Waals surface area contributed by atoms with Gasteiger partial charge in [0.25, 0.3) is 0 Å². The van der Waals surface area contributed by atoms with Gasteiger partial charge in [-0.05, 0) is 42.2 Å². The lowest BCUT2D eigenvalue weighted by Gasteiger charge is -2.25. The molecule has 2 N–H and O–H groups in total. The molecule has 1 amide bonds. The van der Waals surface area contributed by atoms with Crippen LogP contribution >= 0.6 is 0 Å². The Morgan fingerprint density at radius 3 is 2.64 bits per heavy atom. The number of carbonyl (C=O) groups is 2. The molecule has 4 heteroatoms. The van der Waals surface area contributed by atoms with Crippen molar-refractivity contribution in [3.05, 3.63) is 35.4 Å². The molecule has 0 fully saturated rings. The minimum atomic E-state index is -0.948. The predicted molar refractivity (Wildman–Crippen MR) is 85.6 cm³/mol. The first kappa shape index (κ1) is 16.5. The molecule has 1 aromatic rings. The number of hydrogen-bond donors (Lipinski definition) is 2. The largest absolute Gasteiger partial charge is 0.480 e. The van der Waals surface area contributed by atoms with Gasteiger partial charge in [-0.2, -0.15) is 0 Å². The second kappa shape index (κ2) is 7.43. The summed E-state index contributed by atoms with van der Waals surface area (Å²) in [6.45, 7) is 3.79. The summed E-state index contributed by atoms with van der Waals surface area (Å²) in [5, 5.41) is 11.9. The molecule has 2 rings (SSSR count). The molecule has 0 saturated heterocycles. The lowest BCUT2D eigenvalue weighted by Crippen LogP contribution is -2.45. The number of carboxylic acid groups (broad SMARTS) is 1. The first-order valence-corrected chi connectivity index (χ1v) is 8.10. The molecule has 0 saturated carbocycles. The van der Waals surface area contributed by atoms with Gasteiger partial charge in [0.05, 0.1) is 0 Å². The first-order valence-electron chi connectivity index (χ1n) is 8.10. The van der Waals surface area contributed by atoms with Gasteiger partial charge in [0, 0.05) is 6.42 Å². The molecule has 0 radical (unpaired) electrons. The third-order valence-corrected chi connectivity index (χ3v) is 4.72. The zero-order valence-electron chi connectivity index (χ0n) is 13.3. The molecule has 0 spiro atoms. The number of aryl methyl sites for hydroxylation is 1. The number of aliphatic carboxylic acids is 1. The van der Waals surface area contributed by atoms with Crippen molar-refractivity contribution in [2.75, 3.05) is 0 Å². The highest BCUT2D eigenvalue weighted by Gasteiger charge is 2.27. The maximum absolute atomic E-state index is 12.2. The van der Waals surface area contributed by atoms with Gasteiger partial charge in [0.1, 0.15) is 6.04 Å². The third kappa shape index (κ3) is 4.09. The van der Waals surface area contributed by atoms with Gasteiger partial charge >= 0.3 is 5.97 Å². The summed E-state index contributed by atoms with van der Waals surface area (Å²) in [4.78, 5) is 23.5. The van der Waals surface area contributed by atoms with Crippen LogP contribution in [-0.4, -0.2) is 23.0 Å². The Hall–Kier alpha value is -1.84. The van der Waals surface area contributed by atoms with E-state index in [4.69, 9.17) is 0 Å². The SMILES string of the molecule is CCC(C)C(NC(=O)CC1CCc2ccccc2C1)C(=O)O. The van der Waals surface area contributed by atoms with Crippen molar-refractivity contribution in [3.63, 3.8) is 0 Å². The van der Waals surface area contributed by atoms with E-state index in [9.17, 15) is 14.7 Å². The lowest BCUT2D eigenvalue weighted by atomic mass is 9.82. The standard InChI is InChI=1S/C18H25NO3/c1-3-12(2)17(18(21)22)19-16(20)11-13-8-9-14-6-4-5-7-15(14)10-13/h4-7,12-13,17H,3,8-11H2,1-2H3,(H,19,20)(H,21,22). The number of fused-ring (bicyclic) bond motifs is 1. The van der Waals surface area contributed by atoms with Crippen molar-refractivity contribution in [3.8, 4) is 0 Å². The maximum Gasteiger partial charge on any atom is 0.326 e. The molecule has 1 aliphatic rings. The average Bonchev–Trinajstić information content (AvgIpc) is 2.51. The van der Waals surface area contributed by atoms with E-state index in [1.165, 1.54) is 11.1 Å². The van der Waals surface area contributed by atoms with Gasteiger partial charge in [-0.25, -0.2) is 4.79 Å². The van der Waals surface area contributed by atoms with E-state index in [-0.39, 0.29) is 11.8 Å². The Kier molecular flexibility index (Phi) is 5.58. The van der Waals surface area contributed by atoms with E-state index in [0.717, 1.165) is 25.7 Å². The summed E-state index contributed by atoms with van der Waals surface area (Å²) in [7, 11) is 0. The van der Waals surface area contributed by atoms with E-state index in [1.54, 1.807) is 0 Å². The topological polar surface area (TPSA) is 66.4 Å². The van der Waals surface area contributed by atoms with Crippen LogP contribution in [0.3, 0.4) is 0 Å². The lowest BCUT2D eigenvalue weighted by molar-refractivity contribution is -0.143. The zero-order valence-corrected chi connectivity index (χ0v) is 13.3. The molecule has 3 unspecified atom stereocenters. The molecular formula is C18H25NO3. The Balaban J connectivity index is 1.91. The molecule has 1 aliphatic carbocycles. The Morgan fingerprint density at radius 1 is 1.32 bits per heavy atom. The molecule has 0 aliphatic heterocycles. The molecule has 0 aromatic heterocycles.